The van der Waals surface area contributed by atoms with Gasteiger partial charge in [-0.05, 0) is 68.8 Å². The van der Waals surface area contributed by atoms with E-state index in [-0.39, 0.29) is 18.2 Å². The molecule has 0 saturated carbocycles. The van der Waals surface area contributed by atoms with Crippen LogP contribution in [0.1, 0.15) is 22.4 Å². The molecular weight excluding hydrogens is 388 g/mol. The number of aromatic nitrogens is 1. The SMILES string of the molecule is Cc1[nH]c2c(CC(N)=O)ccc(-c3cccc(NC(=O)/C=C/CN(C)C)c3C)c2c1C. The second-order valence-electron chi connectivity index (χ2n) is 8.17. The molecule has 6 heteroatoms. The third kappa shape index (κ3) is 4.86. The van der Waals surface area contributed by atoms with E-state index < -0.39 is 0 Å². The summed E-state index contributed by atoms with van der Waals surface area (Å²) in [4.78, 5) is 29.3. The molecule has 0 atom stereocenters. The number of carbonyl (C=O) groups is 2. The number of amides is 2. The Morgan fingerprint density at radius 1 is 1.06 bits per heavy atom. The van der Waals surface area contributed by atoms with Crippen molar-refractivity contribution in [1.82, 2.24) is 9.88 Å². The highest BCUT2D eigenvalue weighted by atomic mass is 16.1. The highest BCUT2D eigenvalue weighted by Crippen LogP contribution is 2.37. The van der Waals surface area contributed by atoms with E-state index >= 15 is 0 Å². The largest absolute Gasteiger partial charge is 0.369 e. The van der Waals surface area contributed by atoms with Gasteiger partial charge in [0.2, 0.25) is 11.8 Å². The van der Waals surface area contributed by atoms with Crippen LogP contribution in [0.5, 0.6) is 0 Å². The van der Waals surface area contributed by atoms with Crippen molar-refractivity contribution in [3.05, 3.63) is 64.9 Å². The van der Waals surface area contributed by atoms with Crippen molar-refractivity contribution < 1.29 is 9.59 Å². The number of benzene rings is 2. The molecule has 0 spiro atoms. The van der Waals surface area contributed by atoms with E-state index in [4.69, 9.17) is 5.73 Å². The van der Waals surface area contributed by atoms with Crippen molar-refractivity contribution in [3.63, 3.8) is 0 Å². The smallest absolute Gasteiger partial charge is 0.248 e. The van der Waals surface area contributed by atoms with Crippen molar-refractivity contribution >= 4 is 28.4 Å². The average molecular weight is 419 g/mol. The van der Waals surface area contributed by atoms with Crippen LogP contribution in [0.2, 0.25) is 0 Å². The molecule has 0 aliphatic carbocycles. The monoisotopic (exact) mass is 418 g/mol. The van der Waals surface area contributed by atoms with E-state index in [1.165, 1.54) is 0 Å². The summed E-state index contributed by atoms with van der Waals surface area (Å²) in [5.41, 5.74) is 13.3. The predicted octanol–water partition coefficient (Wildman–Crippen LogP) is 3.84. The van der Waals surface area contributed by atoms with Gasteiger partial charge in [-0.15, -0.1) is 0 Å². The first-order valence-electron chi connectivity index (χ1n) is 10.3. The number of hydrogen-bond donors (Lipinski definition) is 3. The summed E-state index contributed by atoms with van der Waals surface area (Å²) in [5.74, 6) is -0.514. The molecule has 0 fully saturated rings. The lowest BCUT2D eigenvalue weighted by molar-refractivity contribution is -0.117. The molecule has 4 N–H and O–H groups in total. The minimum atomic E-state index is -0.359. The van der Waals surface area contributed by atoms with Crippen molar-refractivity contribution in [2.24, 2.45) is 5.73 Å². The van der Waals surface area contributed by atoms with Gasteiger partial charge < -0.3 is 20.9 Å². The van der Waals surface area contributed by atoms with Crippen molar-refractivity contribution in [1.29, 1.82) is 0 Å². The van der Waals surface area contributed by atoms with E-state index in [2.05, 4.69) is 23.3 Å². The van der Waals surface area contributed by atoms with Gasteiger partial charge in [-0.1, -0.05) is 30.3 Å². The minimum absolute atomic E-state index is 0.155. The van der Waals surface area contributed by atoms with Gasteiger partial charge in [-0.25, -0.2) is 0 Å². The van der Waals surface area contributed by atoms with E-state index in [0.717, 1.165) is 50.1 Å². The zero-order chi connectivity index (χ0) is 22.7. The number of nitrogens with one attached hydrogen (secondary N) is 2. The standard InChI is InChI=1S/C25H30N4O2/c1-15-17(3)27-25-18(14-22(26)30)11-12-20(24(15)25)19-8-6-9-21(16(19)2)28-23(31)10-7-13-29(4)5/h6-12,27H,13-14H2,1-5H3,(H2,26,30)(H,28,31)/b10-7+. The molecule has 1 aromatic heterocycles. The lowest BCUT2D eigenvalue weighted by Crippen LogP contribution is -2.14. The van der Waals surface area contributed by atoms with Crippen LogP contribution in [0.25, 0.3) is 22.0 Å². The number of nitrogens with zero attached hydrogens (tertiary/aromatic N) is 1. The van der Waals surface area contributed by atoms with Crippen LogP contribution in [0.4, 0.5) is 5.69 Å². The van der Waals surface area contributed by atoms with Gasteiger partial charge in [0.15, 0.2) is 0 Å². The topological polar surface area (TPSA) is 91.2 Å². The summed E-state index contributed by atoms with van der Waals surface area (Å²) in [6, 6.07) is 9.89. The predicted molar refractivity (Wildman–Crippen MR) is 127 cm³/mol. The molecule has 3 aromatic rings. The van der Waals surface area contributed by atoms with Crippen LogP contribution in [0.15, 0.2) is 42.5 Å². The van der Waals surface area contributed by atoms with Gasteiger partial charge in [0.25, 0.3) is 0 Å². The van der Waals surface area contributed by atoms with E-state index in [1.807, 2.05) is 63.2 Å². The molecule has 2 amide bonds. The first-order valence-corrected chi connectivity index (χ1v) is 10.3. The Hall–Kier alpha value is -3.38. The first-order chi connectivity index (χ1) is 14.7. The van der Waals surface area contributed by atoms with E-state index in [9.17, 15) is 9.59 Å². The molecule has 0 radical (unpaired) electrons. The highest BCUT2D eigenvalue weighted by molar-refractivity contribution is 6.04. The fraction of sp³-hybridized carbons (Fsp3) is 0.280. The Bertz CT molecular complexity index is 1170. The molecule has 0 bridgehead atoms. The van der Waals surface area contributed by atoms with Crippen molar-refractivity contribution in [2.45, 2.75) is 27.2 Å². The summed E-state index contributed by atoms with van der Waals surface area (Å²) >= 11 is 0. The lowest BCUT2D eigenvalue weighted by Gasteiger charge is -2.14. The summed E-state index contributed by atoms with van der Waals surface area (Å²) in [6.07, 6.45) is 3.58. The Morgan fingerprint density at radius 2 is 1.81 bits per heavy atom. The molecule has 31 heavy (non-hydrogen) atoms. The van der Waals surface area contributed by atoms with Gasteiger partial charge in [0.1, 0.15) is 0 Å². The number of aromatic amines is 1. The van der Waals surface area contributed by atoms with Crippen molar-refractivity contribution in [3.8, 4) is 11.1 Å². The van der Waals surface area contributed by atoms with E-state index in [0.29, 0.717) is 6.54 Å². The molecule has 162 valence electrons. The summed E-state index contributed by atoms with van der Waals surface area (Å²) < 4.78 is 0. The second-order valence-corrected chi connectivity index (χ2v) is 8.17. The number of nitrogens with two attached hydrogens (primary N) is 1. The van der Waals surface area contributed by atoms with E-state index in [1.54, 1.807) is 6.08 Å². The normalized spacial score (nSPS) is 11.5. The van der Waals surface area contributed by atoms with Gasteiger partial charge in [0.05, 0.1) is 11.9 Å². The van der Waals surface area contributed by atoms with Crippen LogP contribution >= 0.6 is 0 Å². The third-order valence-electron chi connectivity index (χ3n) is 5.53. The number of H-pyrrole nitrogens is 1. The maximum absolute atomic E-state index is 12.3. The molecule has 0 aliphatic heterocycles. The number of fused-ring (bicyclic) bond motifs is 1. The molecule has 3 rings (SSSR count). The van der Waals surface area contributed by atoms with Crippen LogP contribution in [0.3, 0.4) is 0 Å². The minimum Gasteiger partial charge on any atom is -0.369 e. The van der Waals surface area contributed by atoms with Crippen molar-refractivity contribution in [2.75, 3.05) is 26.0 Å². The molecular formula is C25H30N4O2. The maximum Gasteiger partial charge on any atom is 0.248 e. The second kappa shape index (κ2) is 9.18. The number of carbonyl (C=O) groups excluding carboxylic acids is 2. The Morgan fingerprint density at radius 3 is 2.48 bits per heavy atom. The third-order valence-corrected chi connectivity index (χ3v) is 5.53. The number of rotatable bonds is 7. The number of primary amides is 1. The number of likely N-dealkylation sites (N-methyl/N-ethyl adjacent to an activating group) is 1. The highest BCUT2D eigenvalue weighted by Gasteiger charge is 2.17. The Kier molecular flexibility index (Phi) is 6.61. The van der Waals surface area contributed by atoms with Gasteiger partial charge in [0, 0.05) is 29.4 Å². The Labute approximate surface area is 183 Å². The number of hydrogen-bond acceptors (Lipinski definition) is 3. The fourth-order valence-corrected chi connectivity index (χ4v) is 3.81. The zero-order valence-corrected chi connectivity index (χ0v) is 18.8. The van der Waals surface area contributed by atoms with Gasteiger partial charge in [-0.3, -0.25) is 9.59 Å². The maximum atomic E-state index is 12.3. The van der Waals surface area contributed by atoms with Crippen LogP contribution in [-0.4, -0.2) is 42.3 Å². The fourth-order valence-electron chi connectivity index (χ4n) is 3.81. The molecule has 6 nitrogen and oxygen atoms in total. The van der Waals surface area contributed by atoms with Crippen LogP contribution in [0, 0.1) is 20.8 Å². The number of anilines is 1. The first kappa shape index (κ1) is 22.3. The van der Waals surface area contributed by atoms with Gasteiger partial charge >= 0.3 is 0 Å². The summed E-state index contributed by atoms with van der Waals surface area (Å²) in [6.45, 7) is 6.81. The number of aryl methyl sites for hydroxylation is 2. The quantitative estimate of drug-likeness (QED) is 0.509. The summed E-state index contributed by atoms with van der Waals surface area (Å²) in [5, 5.41) is 4.06. The molecule has 0 unspecified atom stereocenters. The molecule has 1 heterocycles. The summed E-state index contributed by atoms with van der Waals surface area (Å²) in [7, 11) is 3.91. The lowest BCUT2D eigenvalue weighted by atomic mass is 9.92. The van der Waals surface area contributed by atoms with Crippen LogP contribution < -0.4 is 11.1 Å². The van der Waals surface area contributed by atoms with Crippen LogP contribution in [-0.2, 0) is 16.0 Å². The molecule has 0 aliphatic rings. The average Bonchev–Trinajstić information content (AvgIpc) is 2.99. The molecule has 0 saturated heterocycles. The Balaban J connectivity index is 2.04. The zero-order valence-electron chi connectivity index (χ0n) is 18.8. The van der Waals surface area contributed by atoms with Gasteiger partial charge in [-0.2, -0.15) is 0 Å². The molecule has 2 aromatic carbocycles.